The van der Waals surface area contributed by atoms with Crippen molar-refractivity contribution in [3.8, 4) is 0 Å². The first-order chi connectivity index (χ1) is 12.5. The van der Waals surface area contributed by atoms with Crippen molar-refractivity contribution in [1.82, 2.24) is 10.2 Å². The Morgan fingerprint density at radius 3 is 2.52 bits per heavy atom. The van der Waals surface area contributed by atoms with Gasteiger partial charge in [-0.3, -0.25) is 4.79 Å². The summed E-state index contributed by atoms with van der Waals surface area (Å²) < 4.78 is 0. The Morgan fingerprint density at radius 2 is 1.85 bits per heavy atom. The van der Waals surface area contributed by atoms with Gasteiger partial charge in [0.1, 0.15) is 0 Å². The standard InChI is InChI=1S/C20H24N4O2.ClH/c1-14-8-9-15(19(25)24(2)17-10-11-21-13-17)12-18(14)23-20(26)22-16-6-4-3-5-7-16;/h3-9,12,17,21H,10-11,13H2,1-2H3,(H2,22,23,26);1H. The van der Waals surface area contributed by atoms with Gasteiger partial charge in [-0.15, -0.1) is 12.4 Å². The van der Waals surface area contributed by atoms with Gasteiger partial charge in [-0.1, -0.05) is 24.3 Å². The molecular formula is C20H25ClN4O2. The summed E-state index contributed by atoms with van der Waals surface area (Å²) in [5, 5.41) is 8.88. The average Bonchev–Trinajstić information content (AvgIpc) is 3.18. The average molecular weight is 389 g/mol. The molecule has 1 saturated heterocycles. The molecule has 0 saturated carbocycles. The van der Waals surface area contributed by atoms with Crippen LogP contribution < -0.4 is 16.0 Å². The Kier molecular flexibility index (Phi) is 7.21. The maximum Gasteiger partial charge on any atom is 0.323 e. The molecule has 1 unspecified atom stereocenters. The summed E-state index contributed by atoms with van der Waals surface area (Å²) in [5.74, 6) is -0.0368. The normalized spacial score (nSPS) is 15.6. The first-order valence-corrected chi connectivity index (χ1v) is 8.76. The van der Waals surface area contributed by atoms with E-state index in [1.807, 2.05) is 50.4 Å². The molecule has 0 aromatic heterocycles. The fraction of sp³-hybridized carbons (Fsp3) is 0.300. The third kappa shape index (κ3) is 5.21. The van der Waals surface area contributed by atoms with E-state index in [0.717, 1.165) is 25.1 Å². The third-order valence-electron chi connectivity index (χ3n) is 4.67. The highest BCUT2D eigenvalue weighted by Gasteiger charge is 2.24. The van der Waals surface area contributed by atoms with Crippen molar-refractivity contribution in [3.05, 3.63) is 59.7 Å². The van der Waals surface area contributed by atoms with Crippen LogP contribution in [0.15, 0.2) is 48.5 Å². The van der Waals surface area contributed by atoms with Crippen LogP contribution in [-0.4, -0.2) is 43.0 Å². The fourth-order valence-electron chi connectivity index (χ4n) is 3.04. The Morgan fingerprint density at radius 1 is 1.11 bits per heavy atom. The van der Waals surface area contributed by atoms with Crippen molar-refractivity contribution in [3.63, 3.8) is 0 Å². The van der Waals surface area contributed by atoms with E-state index in [0.29, 0.717) is 16.9 Å². The molecule has 1 aliphatic rings. The minimum absolute atomic E-state index is 0. The van der Waals surface area contributed by atoms with Crippen LogP contribution in [0.1, 0.15) is 22.3 Å². The molecule has 1 heterocycles. The lowest BCUT2D eigenvalue weighted by molar-refractivity contribution is 0.0744. The van der Waals surface area contributed by atoms with Gasteiger partial charge in [-0.2, -0.15) is 0 Å². The van der Waals surface area contributed by atoms with Crippen LogP contribution in [0.2, 0.25) is 0 Å². The van der Waals surface area contributed by atoms with Crippen molar-refractivity contribution in [2.24, 2.45) is 0 Å². The van der Waals surface area contributed by atoms with Crippen LogP contribution in [-0.2, 0) is 0 Å². The van der Waals surface area contributed by atoms with Gasteiger partial charge in [0.2, 0.25) is 0 Å². The molecule has 3 rings (SSSR count). The molecule has 1 aliphatic heterocycles. The number of urea groups is 1. The number of halogens is 1. The highest BCUT2D eigenvalue weighted by molar-refractivity contribution is 6.02. The summed E-state index contributed by atoms with van der Waals surface area (Å²) in [7, 11) is 1.83. The van der Waals surface area contributed by atoms with E-state index in [-0.39, 0.29) is 30.4 Å². The second-order valence-electron chi connectivity index (χ2n) is 6.54. The first-order valence-electron chi connectivity index (χ1n) is 8.76. The van der Waals surface area contributed by atoms with Crippen molar-refractivity contribution in [2.45, 2.75) is 19.4 Å². The lowest BCUT2D eigenvalue weighted by atomic mass is 10.1. The number of aryl methyl sites for hydroxylation is 1. The van der Waals surface area contributed by atoms with Crippen LogP contribution in [0.4, 0.5) is 16.2 Å². The summed E-state index contributed by atoms with van der Waals surface area (Å²) in [5.41, 5.74) is 2.81. The number of benzene rings is 2. The Labute approximate surface area is 165 Å². The third-order valence-corrected chi connectivity index (χ3v) is 4.67. The molecule has 0 bridgehead atoms. The van der Waals surface area contributed by atoms with E-state index in [4.69, 9.17) is 0 Å². The molecule has 0 spiro atoms. The van der Waals surface area contributed by atoms with Gasteiger partial charge in [-0.25, -0.2) is 4.79 Å². The highest BCUT2D eigenvalue weighted by Crippen LogP contribution is 2.20. The maximum atomic E-state index is 12.7. The minimum atomic E-state index is -0.336. The van der Waals surface area contributed by atoms with Crippen LogP contribution in [0, 0.1) is 6.92 Å². The van der Waals surface area contributed by atoms with E-state index < -0.39 is 0 Å². The predicted molar refractivity (Wildman–Crippen MR) is 111 cm³/mol. The van der Waals surface area contributed by atoms with E-state index in [9.17, 15) is 9.59 Å². The molecule has 2 aromatic carbocycles. The summed E-state index contributed by atoms with van der Waals surface area (Å²) >= 11 is 0. The molecule has 3 N–H and O–H groups in total. The van der Waals surface area contributed by atoms with E-state index >= 15 is 0 Å². The molecule has 1 atom stereocenters. The Balaban J connectivity index is 0.00000261. The van der Waals surface area contributed by atoms with Gasteiger partial charge < -0.3 is 20.9 Å². The number of nitrogens with one attached hydrogen (secondary N) is 3. The number of amides is 3. The maximum absolute atomic E-state index is 12.7. The molecule has 0 aliphatic carbocycles. The predicted octanol–water partition coefficient (Wildman–Crippen LogP) is 3.49. The van der Waals surface area contributed by atoms with Crippen molar-refractivity contribution < 1.29 is 9.59 Å². The molecule has 0 radical (unpaired) electrons. The van der Waals surface area contributed by atoms with Crippen LogP contribution in [0.5, 0.6) is 0 Å². The van der Waals surface area contributed by atoms with Gasteiger partial charge in [0.15, 0.2) is 0 Å². The molecule has 144 valence electrons. The number of carbonyl (C=O) groups is 2. The first kappa shape index (κ1) is 20.7. The number of hydrogen-bond donors (Lipinski definition) is 3. The van der Waals surface area contributed by atoms with Gasteiger partial charge in [0.25, 0.3) is 5.91 Å². The number of rotatable bonds is 4. The number of carbonyl (C=O) groups excluding carboxylic acids is 2. The summed E-state index contributed by atoms with van der Waals surface area (Å²) in [6.07, 6.45) is 0.957. The largest absolute Gasteiger partial charge is 0.337 e. The fourth-order valence-corrected chi connectivity index (χ4v) is 3.04. The molecule has 27 heavy (non-hydrogen) atoms. The van der Waals surface area contributed by atoms with Crippen LogP contribution in [0.3, 0.4) is 0 Å². The highest BCUT2D eigenvalue weighted by atomic mass is 35.5. The lowest BCUT2D eigenvalue weighted by Crippen LogP contribution is -2.38. The van der Waals surface area contributed by atoms with Crippen molar-refractivity contribution >= 4 is 35.7 Å². The molecular weight excluding hydrogens is 364 g/mol. The molecule has 1 fully saturated rings. The molecule has 7 heteroatoms. The quantitative estimate of drug-likeness (QED) is 0.750. The molecule has 6 nitrogen and oxygen atoms in total. The van der Waals surface area contributed by atoms with E-state index in [1.165, 1.54) is 0 Å². The zero-order chi connectivity index (χ0) is 18.5. The summed E-state index contributed by atoms with van der Waals surface area (Å²) in [6.45, 7) is 3.65. The second kappa shape index (κ2) is 9.39. The van der Waals surface area contributed by atoms with Crippen LogP contribution >= 0.6 is 12.4 Å². The number of likely N-dealkylation sites (N-methyl/N-ethyl adjacent to an activating group) is 1. The van der Waals surface area contributed by atoms with Crippen molar-refractivity contribution in [1.29, 1.82) is 0 Å². The smallest absolute Gasteiger partial charge is 0.323 e. The topological polar surface area (TPSA) is 73.5 Å². The number of hydrogen-bond acceptors (Lipinski definition) is 3. The Hall–Kier alpha value is -2.57. The Bertz CT molecular complexity index is 792. The second-order valence-corrected chi connectivity index (χ2v) is 6.54. The van der Waals surface area contributed by atoms with Gasteiger partial charge in [0, 0.05) is 36.6 Å². The number of nitrogens with zero attached hydrogens (tertiary/aromatic N) is 1. The van der Waals surface area contributed by atoms with E-state index in [2.05, 4.69) is 16.0 Å². The zero-order valence-electron chi connectivity index (χ0n) is 15.5. The molecule has 2 aromatic rings. The van der Waals surface area contributed by atoms with Crippen molar-refractivity contribution in [2.75, 3.05) is 30.8 Å². The summed E-state index contributed by atoms with van der Waals surface area (Å²) in [6, 6.07) is 14.5. The summed E-state index contributed by atoms with van der Waals surface area (Å²) in [4.78, 5) is 26.8. The number of anilines is 2. The van der Waals surface area contributed by atoms with Gasteiger partial charge >= 0.3 is 6.03 Å². The van der Waals surface area contributed by atoms with Crippen LogP contribution in [0.25, 0.3) is 0 Å². The SMILES string of the molecule is Cc1ccc(C(=O)N(C)C2CCNC2)cc1NC(=O)Nc1ccccc1.Cl. The lowest BCUT2D eigenvalue weighted by Gasteiger charge is -2.24. The monoisotopic (exact) mass is 388 g/mol. The van der Waals surface area contributed by atoms with Gasteiger partial charge in [-0.05, 0) is 49.7 Å². The molecule has 3 amide bonds. The van der Waals surface area contributed by atoms with E-state index in [1.54, 1.807) is 17.0 Å². The number of para-hydroxylation sites is 1. The van der Waals surface area contributed by atoms with Gasteiger partial charge in [0.05, 0.1) is 0 Å². The zero-order valence-corrected chi connectivity index (χ0v) is 16.3. The minimum Gasteiger partial charge on any atom is -0.337 e.